The summed E-state index contributed by atoms with van der Waals surface area (Å²) in [6.07, 6.45) is 2.72. The molecule has 0 saturated carbocycles. The van der Waals surface area contributed by atoms with Crippen molar-refractivity contribution in [3.05, 3.63) is 20.8 Å². The van der Waals surface area contributed by atoms with E-state index in [9.17, 15) is 9.59 Å². The minimum Gasteiger partial charge on any atom is -0.396 e. The predicted octanol–water partition coefficient (Wildman–Crippen LogP) is -0.745. The second kappa shape index (κ2) is 5.48. The molecule has 0 amide bonds. The molecule has 1 aromatic rings. The van der Waals surface area contributed by atoms with Gasteiger partial charge in [0.15, 0.2) is 0 Å². The molecule has 7 nitrogen and oxygen atoms in total. The van der Waals surface area contributed by atoms with Crippen molar-refractivity contribution in [2.45, 2.75) is 19.3 Å². The monoisotopic (exact) mass is 268 g/mol. The van der Waals surface area contributed by atoms with Crippen LogP contribution in [0, 0.1) is 5.92 Å². The quantitative estimate of drug-likeness (QED) is 0.669. The number of aromatic amines is 1. The van der Waals surface area contributed by atoms with E-state index in [0.717, 1.165) is 25.8 Å². The lowest BCUT2D eigenvalue weighted by Gasteiger charge is -2.34. The van der Waals surface area contributed by atoms with Crippen molar-refractivity contribution in [2.24, 2.45) is 13.0 Å². The van der Waals surface area contributed by atoms with Gasteiger partial charge in [-0.3, -0.25) is 14.3 Å². The topological polar surface area (TPSA) is 104 Å². The van der Waals surface area contributed by atoms with E-state index in [1.54, 1.807) is 0 Å². The van der Waals surface area contributed by atoms with Crippen molar-refractivity contribution in [2.75, 3.05) is 30.3 Å². The highest BCUT2D eigenvalue weighted by Gasteiger charge is 2.24. The van der Waals surface area contributed by atoms with E-state index in [1.165, 1.54) is 11.6 Å². The number of H-pyrrole nitrogens is 1. The fourth-order valence-corrected chi connectivity index (χ4v) is 2.62. The van der Waals surface area contributed by atoms with Gasteiger partial charge >= 0.3 is 5.69 Å². The van der Waals surface area contributed by atoms with Gasteiger partial charge in [0.25, 0.3) is 5.56 Å². The average Bonchev–Trinajstić information content (AvgIpc) is 2.37. The Bertz CT molecular complexity index is 561. The molecule has 7 heteroatoms. The number of hydrogen-bond acceptors (Lipinski definition) is 5. The smallest absolute Gasteiger partial charge is 0.329 e. The third-order valence-corrected chi connectivity index (χ3v) is 3.72. The van der Waals surface area contributed by atoms with E-state index in [-0.39, 0.29) is 12.4 Å². The first-order chi connectivity index (χ1) is 9.04. The highest BCUT2D eigenvalue weighted by molar-refractivity contribution is 5.62. The molecule has 0 aliphatic carbocycles. The first kappa shape index (κ1) is 13.7. The minimum atomic E-state index is -0.504. The predicted molar refractivity (Wildman–Crippen MR) is 73.4 cm³/mol. The highest BCUT2D eigenvalue weighted by Crippen LogP contribution is 2.25. The normalized spacial score (nSPS) is 19.7. The van der Waals surface area contributed by atoms with E-state index < -0.39 is 11.2 Å². The summed E-state index contributed by atoms with van der Waals surface area (Å²) in [6, 6.07) is 0. The van der Waals surface area contributed by atoms with Crippen molar-refractivity contribution < 1.29 is 5.11 Å². The van der Waals surface area contributed by atoms with Crippen molar-refractivity contribution >= 4 is 11.5 Å². The van der Waals surface area contributed by atoms with E-state index in [2.05, 4.69) is 4.98 Å². The zero-order valence-corrected chi connectivity index (χ0v) is 11.1. The van der Waals surface area contributed by atoms with Gasteiger partial charge in [0.1, 0.15) is 11.5 Å². The summed E-state index contributed by atoms with van der Waals surface area (Å²) >= 11 is 0. The standard InChI is InChI=1S/C12H20N4O3/c1-15-10(13)9(11(18)14-12(15)19)16-5-2-3-8(7-16)4-6-17/h8,17H,2-7,13H2,1H3,(H,14,18,19). The molecule has 1 aliphatic heterocycles. The Balaban J connectivity index is 2.34. The number of nitrogens with zero attached hydrogens (tertiary/aromatic N) is 2. The molecule has 2 heterocycles. The van der Waals surface area contributed by atoms with Crippen LogP contribution in [0.15, 0.2) is 9.59 Å². The van der Waals surface area contributed by atoms with Gasteiger partial charge < -0.3 is 15.7 Å². The van der Waals surface area contributed by atoms with E-state index in [4.69, 9.17) is 10.8 Å². The number of aromatic nitrogens is 2. The maximum atomic E-state index is 11.9. The van der Waals surface area contributed by atoms with Crippen LogP contribution in [0.4, 0.5) is 11.5 Å². The van der Waals surface area contributed by atoms with Crippen LogP contribution in [0.2, 0.25) is 0 Å². The summed E-state index contributed by atoms with van der Waals surface area (Å²) < 4.78 is 1.24. The van der Waals surface area contributed by atoms with E-state index in [1.807, 2.05) is 4.90 Å². The number of aliphatic hydroxyl groups is 1. The molecule has 0 radical (unpaired) electrons. The van der Waals surface area contributed by atoms with Gasteiger partial charge in [-0.15, -0.1) is 0 Å². The lowest BCUT2D eigenvalue weighted by atomic mass is 9.95. The fourth-order valence-electron chi connectivity index (χ4n) is 2.62. The van der Waals surface area contributed by atoms with E-state index >= 15 is 0 Å². The largest absolute Gasteiger partial charge is 0.396 e. The lowest BCUT2D eigenvalue weighted by Crippen LogP contribution is -2.42. The first-order valence-corrected chi connectivity index (χ1v) is 6.49. The summed E-state index contributed by atoms with van der Waals surface area (Å²) in [5.41, 5.74) is 5.31. The van der Waals surface area contributed by atoms with Gasteiger partial charge in [0.2, 0.25) is 0 Å². The van der Waals surface area contributed by atoms with Crippen LogP contribution in [0.5, 0.6) is 0 Å². The van der Waals surface area contributed by atoms with Crippen molar-refractivity contribution in [3.8, 4) is 0 Å². The summed E-state index contributed by atoms with van der Waals surface area (Å²) in [5, 5.41) is 9.01. The number of nitrogen functional groups attached to an aromatic ring is 1. The maximum Gasteiger partial charge on any atom is 0.329 e. The summed E-state index contributed by atoms with van der Waals surface area (Å²) in [5.74, 6) is 0.549. The number of aliphatic hydroxyl groups excluding tert-OH is 1. The van der Waals surface area contributed by atoms with Crippen LogP contribution in [-0.4, -0.2) is 34.4 Å². The zero-order chi connectivity index (χ0) is 14.0. The zero-order valence-electron chi connectivity index (χ0n) is 11.1. The summed E-state index contributed by atoms with van der Waals surface area (Å²) in [6.45, 7) is 1.58. The molecule has 1 atom stereocenters. The molecular weight excluding hydrogens is 248 g/mol. The molecule has 0 bridgehead atoms. The molecule has 1 unspecified atom stereocenters. The summed E-state index contributed by atoms with van der Waals surface area (Å²) in [7, 11) is 1.53. The first-order valence-electron chi connectivity index (χ1n) is 6.49. The molecule has 1 saturated heterocycles. The Hall–Kier alpha value is -1.76. The highest BCUT2D eigenvalue weighted by atomic mass is 16.3. The number of hydrogen-bond donors (Lipinski definition) is 3. The van der Waals surface area contributed by atoms with Gasteiger partial charge in [-0.1, -0.05) is 0 Å². The van der Waals surface area contributed by atoms with Crippen LogP contribution in [0.3, 0.4) is 0 Å². The maximum absolute atomic E-state index is 11.9. The van der Waals surface area contributed by atoms with Gasteiger partial charge in [-0.25, -0.2) is 4.79 Å². The SMILES string of the molecule is Cn1c(N)c(N2CCCC(CCO)C2)c(=O)[nH]c1=O. The molecule has 1 aliphatic rings. The Morgan fingerprint density at radius 1 is 1.47 bits per heavy atom. The van der Waals surface area contributed by atoms with Crippen LogP contribution in [0.1, 0.15) is 19.3 Å². The van der Waals surface area contributed by atoms with Crippen molar-refractivity contribution in [1.29, 1.82) is 0 Å². The lowest BCUT2D eigenvalue weighted by molar-refractivity contribution is 0.244. The molecule has 1 aromatic heterocycles. The Morgan fingerprint density at radius 2 is 2.21 bits per heavy atom. The Labute approximate surface area is 110 Å². The minimum absolute atomic E-state index is 0.150. The molecule has 106 valence electrons. The molecule has 0 spiro atoms. The molecule has 1 fully saturated rings. The van der Waals surface area contributed by atoms with Gasteiger partial charge in [0.05, 0.1) is 0 Å². The van der Waals surface area contributed by atoms with Crippen LogP contribution in [0.25, 0.3) is 0 Å². The number of rotatable bonds is 3. The van der Waals surface area contributed by atoms with Crippen LogP contribution >= 0.6 is 0 Å². The second-order valence-corrected chi connectivity index (χ2v) is 5.02. The van der Waals surface area contributed by atoms with Crippen molar-refractivity contribution in [3.63, 3.8) is 0 Å². The third kappa shape index (κ3) is 2.65. The number of nitrogens with one attached hydrogen (secondary N) is 1. The molecule has 2 rings (SSSR count). The number of nitrogens with two attached hydrogens (primary N) is 1. The summed E-state index contributed by atoms with van der Waals surface area (Å²) in [4.78, 5) is 27.6. The van der Waals surface area contributed by atoms with Gasteiger partial charge in [-0.05, 0) is 25.2 Å². The fraction of sp³-hybridized carbons (Fsp3) is 0.667. The average molecular weight is 268 g/mol. The Morgan fingerprint density at radius 3 is 2.89 bits per heavy atom. The van der Waals surface area contributed by atoms with E-state index in [0.29, 0.717) is 18.2 Å². The van der Waals surface area contributed by atoms with Crippen LogP contribution < -0.4 is 21.9 Å². The third-order valence-electron chi connectivity index (χ3n) is 3.72. The molecule has 4 N–H and O–H groups in total. The van der Waals surface area contributed by atoms with Crippen molar-refractivity contribution in [1.82, 2.24) is 9.55 Å². The van der Waals surface area contributed by atoms with Gasteiger partial charge in [0, 0.05) is 26.7 Å². The van der Waals surface area contributed by atoms with Gasteiger partial charge in [-0.2, -0.15) is 0 Å². The Kier molecular flexibility index (Phi) is 3.94. The molecular formula is C12H20N4O3. The molecule has 19 heavy (non-hydrogen) atoms. The number of piperidine rings is 1. The van der Waals surface area contributed by atoms with Crippen LogP contribution in [-0.2, 0) is 7.05 Å². The number of anilines is 2. The second-order valence-electron chi connectivity index (χ2n) is 5.02. The molecule has 0 aromatic carbocycles.